The van der Waals surface area contributed by atoms with E-state index in [1.807, 2.05) is 22.4 Å². The molecule has 3 aromatic heterocycles. The van der Waals surface area contributed by atoms with Gasteiger partial charge in [0, 0.05) is 30.7 Å². The van der Waals surface area contributed by atoms with Crippen molar-refractivity contribution in [2.75, 3.05) is 24.5 Å². The molecule has 6 nitrogen and oxygen atoms in total. The molecule has 4 heterocycles. The second kappa shape index (κ2) is 8.02. The van der Waals surface area contributed by atoms with Gasteiger partial charge in [-0.2, -0.15) is 13.2 Å². The number of hydrogen-bond donors (Lipinski definition) is 1. The van der Waals surface area contributed by atoms with Gasteiger partial charge in [-0.15, -0.1) is 21.5 Å². The van der Waals surface area contributed by atoms with Crippen LogP contribution in [0.3, 0.4) is 0 Å². The lowest BCUT2D eigenvalue weighted by Gasteiger charge is -2.32. The smallest absolute Gasteiger partial charge is 0.355 e. The molecular formula is C19H20F3N5OS. The molecule has 0 bridgehead atoms. The first kappa shape index (κ1) is 19.7. The lowest BCUT2D eigenvalue weighted by atomic mass is 9.97. The Morgan fingerprint density at radius 2 is 2.14 bits per heavy atom. The zero-order chi connectivity index (χ0) is 20.4. The molecule has 0 aromatic carbocycles. The van der Waals surface area contributed by atoms with Gasteiger partial charge in [-0.25, -0.2) is 0 Å². The predicted molar refractivity (Wildman–Crippen MR) is 104 cm³/mol. The highest BCUT2D eigenvalue weighted by atomic mass is 32.1. The summed E-state index contributed by atoms with van der Waals surface area (Å²) in [5.74, 6) is 0.0727. The molecule has 0 aliphatic carbocycles. The normalized spacial score (nSPS) is 17.6. The van der Waals surface area contributed by atoms with E-state index in [2.05, 4.69) is 15.5 Å². The number of thiophene rings is 1. The molecule has 154 valence electrons. The molecule has 0 spiro atoms. The monoisotopic (exact) mass is 423 g/mol. The number of nitrogens with one attached hydrogen (secondary N) is 1. The number of pyridine rings is 1. The Labute approximate surface area is 169 Å². The minimum absolute atomic E-state index is 0.0314. The van der Waals surface area contributed by atoms with Crippen LogP contribution in [-0.2, 0) is 17.4 Å². The van der Waals surface area contributed by atoms with Crippen molar-refractivity contribution >= 4 is 28.8 Å². The molecule has 0 unspecified atom stereocenters. The fourth-order valence-electron chi connectivity index (χ4n) is 3.54. The molecule has 1 amide bonds. The lowest BCUT2D eigenvalue weighted by Crippen LogP contribution is -2.44. The van der Waals surface area contributed by atoms with Crippen LogP contribution in [0.2, 0.25) is 0 Å². The standard InChI is InChI=1S/C19H20F3N5OS/c20-19(21,22)14-5-6-16-24-25-18(27(16)12-14)26-9-1-3-13(11-26)17(28)23-8-7-15-4-2-10-29-15/h2,4-6,10,12-13H,1,3,7-9,11H2,(H,23,28)/t13-/m0/s1. The fourth-order valence-corrected chi connectivity index (χ4v) is 4.25. The van der Waals surface area contributed by atoms with Crippen LogP contribution >= 0.6 is 11.3 Å². The summed E-state index contributed by atoms with van der Waals surface area (Å²) < 4.78 is 40.5. The Morgan fingerprint density at radius 1 is 1.28 bits per heavy atom. The number of carbonyl (C=O) groups is 1. The first-order valence-corrected chi connectivity index (χ1v) is 10.3. The van der Waals surface area contributed by atoms with E-state index in [4.69, 9.17) is 0 Å². The highest BCUT2D eigenvalue weighted by Gasteiger charge is 2.32. The Hall–Kier alpha value is -2.62. The van der Waals surface area contributed by atoms with Crippen molar-refractivity contribution in [1.82, 2.24) is 19.9 Å². The van der Waals surface area contributed by atoms with Crippen LogP contribution < -0.4 is 10.2 Å². The Bertz CT molecular complexity index is 986. The van der Waals surface area contributed by atoms with Crippen LogP contribution in [0.4, 0.5) is 19.1 Å². The molecule has 1 N–H and O–H groups in total. The van der Waals surface area contributed by atoms with Gasteiger partial charge in [0.15, 0.2) is 5.65 Å². The van der Waals surface area contributed by atoms with Crippen LogP contribution in [0.15, 0.2) is 35.8 Å². The van der Waals surface area contributed by atoms with Crippen molar-refractivity contribution in [2.24, 2.45) is 5.92 Å². The summed E-state index contributed by atoms with van der Waals surface area (Å²) in [7, 11) is 0. The maximum Gasteiger partial charge on any atom is 0.417 e. The van der Waals surface area contributed by atoms with Crippen molar-refractivity contribution in [3.8, 4) is 0 Å². The van der Waals surface area contributed by atoms with E-state index in [-0.39, 0.29) is 11.8 Å². The number of carbonyl (C=O) groups excluding carboxylic acids is 1. The SMILES string of the molecule is O=C(NCCc1cccs1)[C@H]1CCCN(c2nnc3ccc(C(F)(F)F)cn23)C1. The molecule has 10 heteroatoms. The van der Waals surface area contributed by atoms with E-state index in [9.17, 15) is 18.0 Å². The average molecular weight is 423 g/mol. The third-order valence-corrected chi connectivity index (χ3v) is 5.97. The highest BCUT2D eigenvalue weighted by molar-refractivity contribution is 7.09. The van der Waals surface area contributed by atoms with Crippen LogP contribution in [0.25, 0.3) is 5.65 Å². The van der Waals surface area contributed by atoms with Gasteiger partial charge in [0.25, 0.3) is 0 Å². The first-order chi connectivity index (χ1) is 13.9. The van der Waals surface area contributed by atoms with Gasteiger partial charge < -0.3 is 10.2 Å². The number of rotatable bonds is 5. The maximum absolute atomic E-state index is 13.1. The largest absolute Gasteiger partial charge is 0.417 e. The van der Waals surface area contributed by atoms with Gasteiger partial charge >= 0.3 is 6.18 Å². The Morgan fingerprint density at radius 3 is 2.90 bits per heavy atom. The van der Waals surface area contributed by atoms with Crippen molar-refractivity contribution in [1.29, 1.82) is 0 Å². The number of nitrogens with zero attached hydrogens (tertiary/aromatic N) is 4. The minimum Gasteiger partial charge on any atom is -0.355 e. The fraction of sp³-hybridized carbons (Fsp3) is 0.421. The van der Waals surface area contributed by atoms with Crippen LogP contribution in [-0.4, -0.2) is 40.1 Å². The van der Waals surface area contributed by atoms with Crippen LogP contribution in [0.1, 0.15) is 23.3 Å². The predicted octanol–water partition coefficient (Wildman–Crippen LogP) is 3.38. The van der Waals surface area contributed by atoms with Crippen molar-refractivity contribution in [3.05, 3.63) is 46.3 Å². The van der Waals surface area contributed by atoms with Gasteiger partial charge in [-0.3, -0.25) is 9.20 Å². The minimum atomic E-state index is -4.44. The second-order valence-electron chi connectivity index (χ2n) is 7.05. The zero-order valence-corrected chi connectivity index (χ0v) is 16.3. The second-order valence-corrected chi connectivity index (χ2v) is 8.08. The number of fused-ring (bicyclic) bond motifs is 1. The molecular weight excluding hydrogens is 403 g/mol. The number of anilines is 1. The van der Waals surface area contributed by atoms with Crippen molar-refractivity contribution < 1.29 is 18.0 Å². The number of piperidine rings is 1. The molecule has 1 aliphatic rings. The summed E-state index contributed by atoms with van der Waals surface area (Å²) in [6, 6.07) is 6.31. The molecule has 29 heavy (non-hydrogen) atoms. The van der Waals surface area contributed by atoms with Gasteiger partial charge in [0.2, 0.25) is 11.9 Å². The van der Waals surface area contributed by atoms with Crippen molar-refractivity contribution in [3.63, 3.8) is 0 Å². The van der Waals surface area contributed by atoms with E-state index in [1.54, 1.807) is 11.3 Å². The quantitative estimate of drug-likeness (QED) is 0.684. The number of hydrogen-bond acceptors (Lipinski definition) is 5. The first-order valence-electron chi connectivity index (χ1n) is 9.39. The molecule has 4 rings (SSSR count). The summed E-state index contributed by atoms with van der Waals surface area (Å²) in [5.41, 5.74) is -0.415. The topological polar surface area (TPSA) is 62.5 Å². The summed E-state index contributed by atoms with van der Waals surface area (Å²) in [6.07, 6.45) is -1.14. The third kappa shape index (κ3) is 4.36. The highest BCUT2D eigenvalue weighted by Crippen LogP contribution is 2.30. The van der Waals surface area contributed by atoms with Gasteiger partial charge in [0.1, 0.15) is 0 Å². The molecule has 0 saturated carbocycles. The maximum atomic E-state index is 13.1. The molecule has 3 aromatic rings. The molecule has 1 aliphatic heterocycles. The van der Waals surface area contributed by atoms with E-state index in [0.29, 0.717) is 31.2 Å². The Kier molecular flexibility index (Phi) is 5.44. The lowest BCUT2D eigenvalue weighted by molar-refractivity contribution is -0.137. The summed E-state index contributed by atoms with van der Waals surface area (Å²) >= 11 is 1.66. The number of alkyl halides is 3. The van der Waals surface area contributed by atoms with Crippen molar-refractivity contribution in [2.45, 2.75) is 25.4 Å². The number of aromatic nitrogens is 3. The number of amides is 1. The van der Waals surface area contributed by atoms with E-state index in [1.165, 1.54) is 15.3 Å². The summed E-state index contributed by atoms with van der Waals surface area (Å²) in [5, 5.41) is 13.0. The molecule has 1 atom stereocenters. The molecule has 0 radical (unpaired) electrons. The summed E-state index contributed by atoms with van der Waals surface area (Å²) in [6.45, 7) is 1.59. The van der Waals surface area contributed by atoms with E-state index < -0.39 is 11.7 Å². The van der Waals surface area contributed by atoms with Gasteiger partial charge in [-0.1, -0.05) is 6.07 Å². The molecule has 1 fully saturated rings. The van der Waals surface area contributed by atoms with Crippen LogP contribution in [0.5, 0.6) is 0 Å². The third-order valence-electron chi connectivity index (χ3n) is 5.04. The average Bonchev–Trinajstić information content (AvgIpc) is 3.36. The number of halogens is 3. The van der Waals surface area contributed by atoms with Gasteiger partial charge in [-0.05, 0) is 42.8 Å². The van der Waals surface area contributed by atoms with Crippen LogP contribution in [0, 0.1) is 5.92 Å². The summed E-state index contributed by atoms with van der Waals surface area (Å²) in [4.78, 5) is 15.6. The van der Waals surface area contributed by atoms with Gasteiger partial charge in [0.05, 0.1) is 11.5 Å². The molecule has 1 saturated heterocycles. The Balaban J connectivity index is 1.44. The van der Waals surface area contributed by atoms with E-state index in [0.717, 1.165) is 31.5 Å². The zero-order valence-electron chi connectivity index (χ0n) is 15.5. The van der Waals surface area contributed by atoms with E-state index >= 15 is 0 Å².